The van der Waals surface area contributed by atoms with Crippen LogP contribution >= 0.6 is 11.3 Å². The SMILES string of the molecule is CCC(Cc1cccs1)c1cccoc1=O. The standard InChI is InChI=1S/C13H14O2S/c1-2-10(9-11-5-4-8-16-11)12-6-3-7-15-13(12)14/h3-8,10H,2,9H2,1H3. The van der Waals surface area contributed by atoms with Crippen LogP contribution in [0.15, 0.2) is 45.1 Å². The Labute approximate surface area is 98.6 Å². The summed E-state index contributed by atoms with van der Waals surface area (Å²) in [7, 11) is 0. The van der Waals surface area contributed by atoms with Crippen LogP contribution in [0.4, 0.5) is 0 Å². The molecule has 0 spiro atoms. The van der Waals surface area contributed by atoms with E-state index in [0.29, 0.717) is 0 Å². The average Bonchev–Trinajstić information content (AvgIpc) is 2.80. The first kappa shape index (κ1) is 11.1. The fraction of sp³-hybridized carbons (Fsp3) is 0.308. The maximum Gasteiger partial charge on any atom is 0.339 e. The van der Waals surface area contributed by atoms with Crippen molar-refractivity contribution in [2.75, 3.05) is 0 Å². The molecule has 0 fully saturated rings. The van der Waals surface area contributed by atoms with Crippen molar-refractivity contribution in [3.63, 3.8) is 0 Å². The Hall–Kier alpha value is -1.35. The molecule has 1 unspecified atom stereocenters. The third-order valence-electron chi connectivity index (χ3n) is 2.73. The molecular weight excluding hydrogens is 220 g/mol. The highest BCUT2D eigenvalue weighted by Gasteiger charge is 2.14. The topological polar surface area (TPSA) is 30.2 Å². The van der Waals surface area contributed by atoms with Gasteiger partial charge in [-0.05, 0) is 42.3 Å². The molecule has 2 aromatic heterocycles. The summed E-state index contributed by atoms with van der Waals surface area (Å²) in [5.74, 6) is 0.260. The van der Waals surface area contributed by atoms with Gasteiger partial charge in [0.25, 0.3) is 0 Å². The van der Waals surface area contributed by atoms with Crippen LogP contribution < -0.4 is 5.63 Å². The van der Waals surface area contributed by atoms with E-state index in [1.54, 1.807) is 17.4 Å². The zero-order valence-corrected chi connectivity index (χ0v) is 10.00. The van der Waals surface area contributed by atoms with Crippen molar-refractivity contribution >= 4 is 11.3 Å². The lowest BCUT2D eigenvalue weighted by Gasteiger charge is -2.12. The van der Waals surface area contributed by atoms with Crippen molar-refractivity contribution in [2.24, 2.45) is 0 Å². The van der Waals surface area contributed by atoms with Crippen LogP contribution in [0.2, 0.25) is 0 Å². The predicted octanol–water partition coefficient (Wildman–Crippen LogP) is 3.44. The first-order valence-electron chi connectivity index (χ1n) is 5.41. The van der Waals surface area contributed by atoms with Crippen molar-refractivity contribution in [1.29, 1.82) is 0 Å². The Morgan fingerprint density at radius 2 is 2.25 bits per heavy atom. The predicted molar refractivity (Wildman–Crippen MR) is 66.0 cm³/mol. The van der Waals surface area contributed by atoms with Crippen LogP contribution in [0.3, 0.4) is 0 Å². The highest BCUT2D eigenvalue weighted by atomic mass is 32.1. The molecule has 0 N–H and O–H groups in total. The highest BCUT2D eigenvalue weighted by Crippen LogP contribution is 2.23. The summed E-state index contributed by atoms with van der Waals surface area (Å²) in [6, 6.07) is 7.81. The smallest absolute Gasteiger partial charge is 0.339 e. The Kier molecular flexibility index (Phi) is 3.57. The van der Waals surface area contributed by atoms with Gasteiger partial charge in [0.15, 0.2) is 0 Å². The first-order chi connectivity index (χ1) is 7.81. The largest absolute Gasteiger partial charge is 0.431 e. The van der Waals surface area contributed by atoms with Gasteiger partial charge in [-0.25, -0.2) is 4.79 Å². The summed E-state index contributed by atoms with van der Waals surface area (Å²) in [5.41, 5.74) is 0.587. The first-order valence-corrected chi connectivity index (χ1v) is 6.29. The maximum atomic E-state index is 11.6. The van der Waals surface area contributed by atoms with E-state index >= 15 is 0 Å². The third-order valence-corrected chi connectivity index (χ3v) is 3.62. The molecule has 2 nitrogen and oxygen atoms in total. The van der Waals surface area contributed by atoms with Crippen LogP contribution in [0.1, 0.15) is 29.7 Å². The van der Waals surface area contributed by atoms with Crippen LogP contribution in [-0.2, 0) is 6.42 Å². The van der Waals surface area contributed by atoms with E-state index in [-0.39, 0.29) is 11.5 Å². The van der Waals surface area contributed by atoms with Crippen molar-refractivity contribution in [3.8, 4) is 0 Å². The van der Waals surface area contributed by atoms with Gasteiger partial charge in [0, 0.05) is 10.4 Å². The average molecular weight is 234 g/mol. The van der Waals surface area contributed by atoms with Crippen LogP contribution in [-0.4, -0.2) is 0 Å². The van der Waals surface area contributed by atoms with Crippen LogP contribution in [0, 0.1) is 0 Å². The molecule has 0 bridgehead atoms. The summed E-state index contributed by atoms with van der Waals surface area (Å²) in [4.78, 5) is 12.9. The van der Waals surface area contributed by atoms with E-state index in [1.165, 1.54) is 11.1 Å². The number of rotatable bonds is 4. The van der Waals surface area contributed by atoms with Gasteiger partial charge in [-0.3, -0.25) is 0 Å². The number of hydrogen-bond donors (Lipinski definition) is 0. The zero-order chi connectivity index (χ0) is 11.4. The normalized spacial score (nSPS) is 12.6. The second-order valence-corrected chi connectivity index (χ2v) is 4.78. The van der Waals surface area contributed by atoms with Crippen molar-refractivity contribution in [3.05, 3.63) is 56.8 Å². The molecule has 0 radical (unpaired) electrons. The minimum Gasteiger partial charge on any atom is -0.431 e. The van der Waals surface area contributed by atoms with Gasteiger partial charge in [0.05, 0.1) is 6.26 Å². The maximum absolute atomic E-state index is 11.6. The van der Waals surface area contributed by atoms with Crippen LogP contribution in [0.5, 0.6) is 0 Å². The molecule has 0 aliphatic rings. The quantitative estimate of drug-likeness (QED) is 0.811. The lowest BCUT2D eigenvalue weighted by molar-refractivity contribution is 0.487. The summed E-state index contributed by atoms with van der Waals surface area (Å²) in [6.45, 7) is 2.10. The van der Waals surface area contributed by atoms with Gasteiger partial charge < -0.3 is 4.42 Å². The molecule has 0 aliphatic carbocycles. The minimum absolute atomic E-state index is 0.203. The van der Waals surface area contributed by atoms with E-state index in [2.05, 4.69) is 18.4 Å². The lowest BCUT2D eigenvalue weighted by Crippen LogP contribution is -2.12. The summed E-state index contributed by atoms with van der Waals surface area (Å²) >= 11 is 1.73. The van der Waals surface area contributed by atoms with Crippen molar-refractivity contribution < 1.29 is 4.42 Å². The fourth-order valence-electron chi connectivity index (χ4n) is 1.83. The van der Waals surface area contributed by atoms with Crippen molar-refractivity contribution in [2.45, 2.75) is 25.7 Å². The van der Waals surface area contributed by atoms with E-state index in [9.17, 15) is 4.79 Å². The molecule has 0 aromatic carbocycles. The third kappa shape index (κ3) is 2.42. The van der Waals surface area contributed by atoms with Gasteiger partial charge in [0.1, 0.15) is 0 Å². The molecular formula is C13H14O2S. The Bertz CT molecular complexity index is 485. The molecule has 3 heteroatoms. The Morgan fingerprint density at radius 1 is 1.38 bits per heavy atom. The highest BCUT2D eigenvalue weighted by molar-refractivity contribution is 7.09. The fourth-order valence-corrected chi connectivity index (χ4v) is 2.62. The molecule has 0 amide bonds. The molecule has 2 heterocycles. The summed E-state index contributed by atoms with van der Waals surface area (Å²) in [5, 5.41) is 2.07. The second-order valence-electron chi connectivity index (χ2n) is 3.74. The molecule has 0 aliphatic heterocycles. The molecule has 2 rings (SSSR count). The Morgan fingerprint density at radius 3 is 2.88 bits per heavy atom. The van der Waals surface area contributed by atoms with Gasteiger partial charge in [-0.15, -0.1) is 11.3 Å². The van der Waals surface area contributed by atoms with E-state index in [1.807, 2.05) is 12.1 Å². The van der Waals surface area contributed by atoms with Gasteiger partial charge in [0.2, 0.25) is 0 Å². The van der Waals surface area contributed by atoms with Gasteiger partial charge in [-0.1, -0.05) is 13.0 Å². The summed E-state index contributed by atoms with van der Waals surface area (Å²) in [6.07, 6.45) is 3.30. The lowest BCUT2D eigenvalue weighted by atomic mass is 9.94. The minimum atomic E-state index is -0.203. The molecule has 2 aromatic rings. The van der Waals surface area contributed by atoms with Crippen LogP contribution in [0.25, 0.3) is 0 Å². The molecule has 1 atom stereocenters. The van der Waals surface area contributed by atoms with Gasteiger partial charge in [-0.2, -0.15) is 0 Å². The van der Waals surface area contributed by atoms with Gasteiger partial charge >= 0.3 is 5.63 Å². The molecule has 0 saturated carbocycles. The zero-order valence-electron chi connectivity index (χ0n) is 9.18. The van der Waals surface area contributed by atoms with E-state index in [4.69, 9.17) is 4.42 Å². The van der Waals surface area contributed by atoms with E-state index in [0.717, 1.165) is 18.4 Å². The van der Waals surface area contributed by atoms with E-state index < -0.39 is 0 Å². The monoisotopic (exact) mass is 234 g/mol. The Balaban J connectivity index is 2.23. The molecule has 84 valence electrons. The molecule has 16 heavy (non-hydrogen) atoms. The summed E-state index contributed by atoms with van der Waals surface area (Å²) < 4.78 is 4.91. The molecule has 0 saturated heterocycles. The number of hydrogen-bond acceptors (Lipinski definition) is 3. The van der Waals surface area contributed by atoms with Crippen molar-refractivity contribution in [1.82, 2.24) is 0 Å². The number of thiophene rings is 1. The second kappa shape index (κ2) is 5.12.